The number of aromatic nitrogens is 2. The molecule has 0 atom stereocenters. The number of benzene rings is 2. The van der Waals surface area contributed by atoms with Crippen LogP contribution in [0.15, 0.2) is 48.8 Å². The molecule has 3 aromatic rings. The molecular weight excluding hydrogens is 402 g/mol. The quantitative estimate of drug-likeness (QED) is 0.395. The number of para-hydroxylation sites is 1. The molecule has 0 radical (unpaired) electrons. The van der Waals surface area contributed by atoms with Crippen LogP contribution in [-0.2, 0) is 0 Å². The summed E-state index contributed by atoms with van der Waals surface area (Å²) in [5.74, 6) is -2.85. The predicted octanol–water partition coefficient (Wildman–Crippen LogP) is 3.17. The Morgan fingerprint density at radius 3 is 2.57 bits per heavy atom. The molecule has 12 heteroatoms. The lowest BCUT2D eigenvalue weighted by Gasteiger charge is -2.12. The number of hydrogen-bond donors (Lipinski definition) is 3. The van der Waals surface area contributed by atoms with E-state index in [1.54, 1.807) is 18.2 Å². The van der Waals surface area contributed by atoms with Crippen molar-refractivity contribution in [2.45, 2.75) is 0 Å². The number of rotatable bonds is 7. The number of nitrogens with one attached hydrogen (secondary N) is 3. The molecule has 154 valence electrons. The van der Waals surface area contributed by atoms with Gasteiger partial charge in [0.05, 0.1) is 23.3 Å². The molecule has 1 amide bonds. The van der Waals surface area contributed by atoms with Crippen LogP contribution < -0.4 is 20.9 Å². The molecule has 1 heterocycles. The van der Waals surface area contributed by atoms with E-state index in [9.17, 15) is 23.7 Å². The van der Waals surface area contributed by atoms with Gasteiger partial charge in [-0.25, -0.2) is 18.7 Å². The third-order valence-corrected chi connectivity index (χ3v) is 3.84. The van der Waals surface area contributed by atoms with Gasteiger partial charge in [-0.3, -0.25) is 25.8 Å². The molecule has 0 aliphatic carbocycles. The molecule has 0 unspecified atom stereocenters. The van der Waals surface area contributed by atoms with Crippen molar-refractivity contribution in [3.8, 4) is 5.75 Å². The zero-order valence-electron chi connectivity index (χ0n) is 15.3. The summed E-state index contributed by atoms with van der Waals surface area (Å²) in [6.07, 6.45) is 0.967. The van der Waals surface area contributed by atoms with Crippen molar-refractivity contribution in [2.24, 2.45) is 0 Å². The van der Waals surface area contributed by atoms with Crippen LogP contribution in [-0.4, -0.2) is 27.9 Å². The Kier molecular flexibility index (Phi) is 5.96. The van der Waals surface area contributed by atoms with E-state index >= 15 is 0 Å². The van der Waals surface area contributed by atoms with E-state index in [2.05, 4.69) is 26.1 Å². The van der Waals surface area contributed by atoms with Crippen molar-refractivity contribution in [1.29, 1.82) is 0 Å². The molecule has 3 rings (SSSR count). The fraction of sp³-hybridized carbons (Fsp3) is 0.0556. The summed E-state index contributed by atoms with van der Waals surface area (Å²) in [6, 6.07) is 9.00. The van der Waals surface area contributed by atoms with E-state index in [0.29, 0.717) is 11.8 Å². The van der Waals surface area contributed by atoms with Crippen LogP contribution in [0.1, 0.15) is 10.4 Å². The van der Waals surface area contributed by atoms with Gasteiger partial charge in [-0.15, -0.1) is 0 Å². The minimum Gasteiger partial charge on any atom is -0.496 e. The van der Waals surface area contributed by atoms with E-state index in [4.69, 9.17) is 4.74 Å². The van der Waals surface area contributed by atoms with Gasteiger partial charge in [0.1, 0.15) is 23.7 Å². The largest absolute Gasteiger partial charge is 0.496 e. The van der Waals surface area contributed by atoms with Crippen molar-refractivity contribution >= 4 is 28.9 Å². The molecule has 1 aromatic heterocycles. The molecule has 30 heavy (non-hydrogen) atoms. The van der Waals surface area contributed by atoms with Gasteiger partial charge in [-0.2, -0.15) is 0 Å². The molecule has 2 aromatic carbocycles. The Hall–Kier alpha value is -4.35. The van der Waals surface area contributed by atoms with Gasteiger partial charge in [0.15, 0.2) is 0 Å². The van der Waals surface area contributed by atoms with E-state index in [1.165, 1.54) is 13.2 Å². The normalized spacial score (nSPS) is 10.2. The second kappa shape index (κ2) is 8.77. The predicted molar refractivity (Wildman–Crippen MR) is 102 cm³/mol. The van der Waals surface area contributed by atoms with Crippen molar-refractivity contribution in [2.75, 3.05) is 17.9 Å². The van der Waals surface area contributed by atoms with Gasteiger partial charge in [-0.05, 0) is 24.3 Å². The van der Waals surface area contributed by atoms with Gasteiger partial charge in [0.25, 0.3) is 5.91 Å². The Bertz CT molecular complexity index is 1110. The van der Waals surface area contributed by atoms with Gasteiger partial charge >= 0.3 is 5.69 Å². The highest BCUT2D eigenvalue weighted by Gasteiger charge is 2.24. The fourth-order valence-electron chi connectivity index (χ4n) is 2.47. The number of hydrazine groups is 1. The van der Waals surface area contributed by atoms with Gasteiger partial charge in [-0.1, -0.05) is 12.1 Å². The third kappa shape index (κ3) is 4.38. The first kappa shape index (κ1) is 20.4. The van der Waals surface area contributed by atoms with Gasteiger partial charge < -0.3 is 10.1 Å². The maximum Gasteiger partial charge on any atom is 0.355 e. The summed E-state index contributed by atoms with van der Waals surface area (Å²) in [5.41, 5.74) is 3.91. The monoisotopic (exact) mass is 416 g/mol. The van der Waals surface area contributed by atoms with Gasteiger partial charge in [0, 0.05) is 6.07 Å². The highest BCUT2D eigenvalue weighted by atomic mass is 19.1. The summed E-state index contributed by atoms with van der Waals surface area (Å²) in [7, 11) is 1.39. The minimum absolute atomic E-state index is 0.177. The van der Waals surface area contributed by atoms with Crippen molar-refractivity contribution < 1.29 is 23.2 Å². The smallest absolute Gasteiger partial charge is 0.355 e. The average molecular weight is 416 g/mol. The maximum absolute atomic E-state index is 13.9. The van der Waals surface area contributed by atoms with Crippen LogP contribution >= 0.6 is 0 Å². The Morgan fingerprint density at radius 2 is 1.87 bits per heavy atom. The Morgan fingerprint density at radius 1 is 1.13 bits per heavy atom. The lowest BCUT2D eigenvalue weighted by Crippen LogP contribution is -2.30. The van der Waals surface area contributed by atoms with Crippen molar-refractivity contribution in [3.05, 3.63) is 76.1 Å². The molecule has 10 nitrogen and oxygen atoms in total. The SMILES string of the molecule is COc1ccccc1C(=O)NNc1ncnc(Nc2ccc(F)cc2F)c1[N+](=O)[O-]. The molecule has 0 aliphatic rings. The van der Waals surface area contributed by atoms with Crippen molar-refractivity contribution in [3.63, 3.8) is 0 Å². The van der Waals surface area contributed by atoms with E-state index in [-0.39, 0.29) is 22.9 Å². The molecule has 0 aliphatic heterocycles. The Labute approximate surface area is 168 Å². The lowest BCUT2D eigenvalue weighted by molar-refractivity contribution is -0.383. The summed E-state index contributed by atoms with van der Waals surface area (Å²) in [6.45, 7) is 0. The topological polar surface area (TPSA) is 131 Å². The standard InChI is InChI=1S/C18H14F2N6O4/c1-30-14-5-3-2-4-11(14)18(27)25-24-17-15(26(28)29)16(21-9-22-17)23-13-7-6-10(19)8-12(13)20/h2-9H,1H3,(H,25,27)(H2,21,22,23,24). The molecular formula is C18H14F2N6O4. The lowest BCUT2D eigenvalue weighted by atomic mass is 10.2. The highest BCUT2D eigenvalue weighted by Crippen LogP contribution is 2.31. The zero-order valence-corrected chi connectivity index (χ0v) is 15.3. The number of anilines is 3. The average Bonchev–Trinajstić information content (AvgIpc) is 2.73. The number of methoxy groups -OCH3 is 1. The van der Waals surface area contributed by atoms with Crippen LogP contribution in [0.25, 0.3) is 0 Å². The number of amides is 1. The minimum atomic E-state index is -0.970. The van der Waals surface area contributed by atoms with Gasteiger partial charge in [0.2, 0.25) is 11.6 Å². The summed E-state index contributed by atoms with van der Waals surface area (Å²) < 4.78 is 32.0. The first-order chi connectivity index (χ1) is 14.4. The highest BCUT2D eigenvalue weighted by molar-refractivity contribution is 5.97. The summed E-state index contributed by atoms with van der Waals surface area (Å²) >= 11 is 0. The fourth-order valence-corrected chi connectivity index (χ4v) is 2.47. The number of nitro groups is 1. The summed E-state index contributed by atoms with van der Waals surface area (Å²) in [4.78, 5) is 30.6. The number of nitrogens with zero attached hydrogens (tertiary/aromatic N) is 3. The molecule has 0 saturated heterocycles. The molecule has 3 N–H and O–H groups in total. The number of ether oxygens (including phenoxy) is 1. The first-order valence-electron chi connectivity index (χ1n) is 8.31. The summed E-state index contributed by atoms with van der Waals surface area (Å²) in [5, 5.41) is 14.0. The van der Waals surface area contributed by atoms with Crippen LogP contribution in [0.5, 0.6) is 5.75 Å². The number of halogens is 2. The molecule has 0 fully saturated rings. The van der Waals surface area contributed by atoms with Crippen LogP contribution in [0.2, 0.25) is 0 Å². The van der Waals surface area contributed by atoms with Crippen molar-refractivity contribution in [1.82, 2.24) is 15.4 Å². The maximum atomic E-state index is 13.9. The molecule has 0 spiro atoms. The van der Waals surface area contributed by atoms with Crippen LogP contribution in [0.3, 0.4) is 0 Å². The second-order valence-electron chi connectivity index (χ2n) is 5.71. The Balaban J connectivity index is 1.86. The zero-order chi connectivity index (χ0) is 21.7. The van der Waals surface area contributed by atoms with E-state index in [0.717, 1.165) is 18.5 Å². The van der Waals surface area contributed by atoms with Crippen LogP contribution in [0.4, 0.5) is 31.8 Å². The van der Waals surface area contributed by atoms with E-state index < -0.39 is 28.2 Å². The second-order valence-corrected chi connectivity index (χ2v) is 5.71. The molecule has 0 bridgehead atoms. The first-order valence-corrected chi connectivity index (χ1v) is 8.31. The molecule has 0 saturated carbocycles. The van der Waals surface area contributed by atoms with Crippen LogP contribution in [0, 0.1) is 21.7 Å². The number of carbonyl (C=O) groups excluding carboxylic acids is 1. The third-order valence-electron chi connectivity index (χ3n) is 3.84. The number of carbonyl (C=O) groups is 1. The number of hydrogen-bond acceptors (Lipinski definition) is 8. The van der Waals surface area contributed by atoms with E-state index in [1.807, 2.05) is 0 Å².